The first-order chi connectivity index (χ1) is 9.04. The van der Waals surface area contributed by atoms with Gasteiger partial charge in [-0.1, -0.05) is 6.92 Å². The highest BCUT2D eigenvalue weighted by molar-refractivity contribution is 6.43. The molecule has 0 bridgehead atoms. The molecule has 100 valence electrons. The summed E-state index contributed by atoms with van der Waals surface area (Å²) >= 11 is 0. The average molecular weight is 259 g/mol. The molecule has 1 aliphatic rings. The van der Waals surface area contributed by atoms with Crippen LogP contribution in [-0.4, -0.2) is 24.5 Å². The van der Waals surface area contributed by atoms with E-state index in [9.17, 15) is 14.4 Å². The molecule has 2 rings (SSSR count). The van der Waals surface area contributed by atoms with Gasteiger partial charge < -0.3 is 4.90 Å². The molecule has 0 saturated heterocycles. The van der Waals surface area contributed by atoms with Gasteiger partial charge in [-0.2, -0.15) is 0 Å². The summed E-state index contributed by atoms with van der Waals surface area (Å²) in [5.41, 5.74) is 2.22. The fourth-order valence-corrected chi connectivity index (χ4v) is 2.30. The number of carbonyl (C=O) groups is 3. The molecular formula is C15H17NO3. The van der Waals surface area contributed by atoms with Crippen LogP contribution in [0.1, 0.15) is 42.1 Å². The number of rotatable bonds is 4. The Hall–Kier alpha value is -1.97. The molecule has 1 aromatic carbocycles. The van der Waals surface area contributed by atoms with Gasteiger partial charge in [-0.3, -0.25) is 14.4 Å². The molecule has 1 aliphatic heterocycles. The molecule has 4 nitrogen and oxygen atoms in total. The topological polar surface area (TPSA) is 54.5 Å². The lowest BCUT2D eigenvalue weighted by Crippen LogP contribution is -2.31. The number of benzene rings is 1. The van der Waals surface area contributed by atoms with Gasteiger partial charge in [0.05, 0.1) is 0 Å². The van der Waals surface area contributed by atoms with Crippen molar-refractivity contribution < 1.29 is 14.4 Å². The molecule has 0 radical (unpaired) electrons. The molecule has 0 unspecified atom stereocenters. The average Bonchev–Trinajstić information content (AvgIpc) is 2.42. The van der Waals surface area contributed by atoms with E-state index in [1.807, 2.05) is 6.92 Å². The van der Waals surface area contributed by atoms with Crippen LogP contribution in [0.3, 0.4) is 0 Å². The zero-order valence-electron chi connectivity index (χ0n) is 11.2. The normalized spacial score (nSPS) is 14.2. The highest BCUT2D eigenvalue weighted by Crippen LogP contribution is 2.27. The molecular weight excluding hydrogens is 242 g/mol. The quantitative estimate of drug-likeness (QED) is 0.615. The van der Waals surface area contributed by atoms with E-state index in [1.54, 1.807) is 30.1 Å². The second-order valence-corrected chi connectivity index (χ2v) is 4.80. The first kappa shape index (κ1) is 13.5. The summed E-state index contributed by atoms with van der Waals surface area (Å²) in [4.78, 5) is 36.7. The Morgan fingerprint density at radius 1 is 1.26 bits per heavy atom. The first-order valence-electron chi connectivity index (χ1n) is 6.51. The van der Waals surface area contributed by atoms with Crippen molar-refractivity contribution in [2.75, 3.05) is 11.9 Å². The van der Waals surface area contributed by atoms with Gasteiger partial charge in [-0.15, -0.1) is 0 Å². The van der Waals surface area contributed by atoms with Crippen LogP contribution in [0.25, 0.3) is 0 Å². The van der Waals surface area contributed by atoms with Gasteiger partial charge in [0, 0.05) is 31.1 Å². The highest BCUT2D eigenvalue weighted by Gasteiger charge is 2.23. The summed E-state index contributed by atoms with van der Waals surface area (Å²) in [7, 11) is 1.73. The lowest BCUT2D eigenvalue weighted by molar-refractivity contribution is -0.118. The zero-order valence-corrected chi connectivity index (χ0v) is 11.2. The highest BCUT2D eigenvalue weighted by atomic mass is 16.2. The monoisotopic (exact) mass is 259 g/mol. The van der Waals surface area contributed by atoms with Crippen LogP contribution in [0.15, 0.2) is 18.2 Å². The molecule has 0 atom stereocenters. The van der Waals surface area contributed by atoms with Crippen LogP contribution in [0.2, 0.25) is 0 Å². The molecule has 0 aromatic heterocycles. The van der Waals surface area contributed by atoms with Crippen LogP contribution < -0.4 is 4.90 Å². The van der Waals surface area contributed by atoms with Gasteiger partial charge in [0.25, 0.3) is 0 Å². The van der Waals surface area contributed by atoms with E-state index in [-0.39, 0.29) is 18.1 Å². The summed E-state index contributed by atoms with van der Waals surface area (Å²) in [6, 6.07) is 5.12. The largest absolute Gasteiger partial charge is 0.315 e. The molecule has 0 N–H and O–H groups in total. The van der Waals surface area contributed by atoms with Crippen molar-refractivity contribution in [3.63, 3.8) is 0 Å². The van der Waals surface area contributed by atoms with Crippen molar-refractivity contribution in [1.82, 2.24) is 0 Å². The van der Waals surface area contributed by atoms with Crippen LogP contribution in [0, 0.1) is 0 Å². The first-order valence-corrected chi connectivity index (χ1v) is 6.51. The van der Waals surface area contributed by atoms with Gasteiger partial charge in [-0.05, 0) is 36.6 Å². The van der Waals surface area contributed by atoms with Crippen molar-refractivity contribution in [3.8, 4) is 0 Å². The lowest BCUT2D eigenvalue weighted by Gasteiger charge is -2.25. The Kier molecular flexibility index (Phi) is 3.79. The third kappa shape index (κ3) is 2.57. The number of amides is 1. The van der Waals surface area contributed by atoms with Gasteiger partial charge >= 0.3 is 0 Å². The van der Waals surface area contributed by atoms with Crippen LogP contribution in [-0.2, 0) is 16.0 Å². The summed E-state index contributed by atoms with van der Waals surface area (Å²) in [6.45, 7) is 1.87. The van der Waals surface area contributed by atoms with E-state index in [1.165, 1.54) is 0 Å². The molecule has 19 heavy (non-hydrogen) atoms. The number of hydrogen-bond acceptors (Lipinski definition) is 3. The minimum Gasteiger partial charge on any atom is -0.315 e. The second kappa shape index (κ2) is 5.34. The molecule has 0 spiro atoms. The Bertz CT molecular complexity index is 548. The number of nitrogens with zero attached hydrogens (tertiary/aromatic N) is 1. The predicted molar refractivity (Wildman–Crippen MR) is 72.4 cm³/mol. The number of carbonyl (C=O) groups excluding carboxylic acids is 3. The number of fused-ring (bicyclic) bond motifs is 1. The minimum atomic E-state index is -0.427. The van der Waals surface area contributed by atoms with Gasteiger partial charge in [0.1, 0.15) is 0 Å². The number of anilines is 1. The Labute approximate surface area is 112 Å². The second-order valence-electron chi connectivity index (χ2n) is 4.80. The lowest BCUT2D eigenvalue weighted by atomic mass is 9.96. The molecule has 4 heteroatoms. The smallest absolute Gasteiger partial charge is 0.228 e. The van der Waals surface area contributed by atoms with Gasteiger partial charge in [-0.25, -0.2) is 0 Å². The Balaban J connectivity index is 2.29. The van der Waals surface area contributed by atoms with Crippen molar-refractivity contribution in [2.24, 2.45) is 0 Å². The van der Waals surface area contributed by atoms with Crippen molar-refractivity contribution in [2.45, 2.75) is 32.6 Å². The van der Waals surface area contributed by atoms with Crippen LogP contribution >= 0.6 is 0 Å². The van der Waals surface area contributed by atoms with E-state index in [4.69, 9.17) is 0 Å². The molecule has 1 aromatic rings. The van der Waals surface area contributed by atoms with Crippen molar-refractivity contribution in [3.05, 3.63) is 29.3 Å². The summed E-state index contributed by atoms with van der Waals surface area (Å²) in [5.74, 6) is -0.694. The van der Waals surface area contributed by atoms with Gasteiger partial charge in [0.15, 0.2) is 0 Å². The number of aryl methyl sites for hydroxylation is 1. The van der Waals surface area contributed by atoms with Crippen LogP contribution in [0.4, 0.5) is 5.69 Å². The number of ketones is 2. The molecule has 0 saturated carbocycles. The van der Waals surface area contributed by atoms with E-state index in [2.05, 4.69) is 0 Å². The van der Waals surface area contributed by atoms with Crippen LogP contribution in [0.5, 0.6) is 0 Å². The number of Topliss-reactive ketones (excluding diaryl/α,β-unsaturated/α-hetero) is 2. The zero-order chi connectivity index (χ0) is 14.0. The van der Waals surface area contributed by atoms with E-state index < -0.39 is 5.78 Å². The summed E-state index contributed by atoms with van der Waals surface area (Å²) < 4.78 is 0. The third-order valence-electron chi connectivity index (χ3n) is 3.42. The van der Waals surface area contributed by atoms with Crippen molar-refractivity contribution in [1.29, 1.82) is 0 Å². The van der Waals surface area contributed by atoms with Gasteiger partial charge in [0.2, 0.25) is 17.5 Å². The molecule has 0 fully saturated rings. The summed E-state index contributed by atoms with van der Waals surface area (Å²) in [5, 5.41) is 0. The van der Waals surface area contributed by atoms with E-state index in [0.29, 0.717) is 24.8 Å². The molecule has 1 heterocycles. The SMILES string of the molecule is CCCC(=O)C(=O)c1ccc2c(c1)CCC(=O)N2C. The molecule has 1 amide bonds. The fraction of sp³-hybridized carbons (Fsp3) is 0.400. The van der Waals surface area contributed by atoms with E-state index >= 15 is 0 Å². The number of hydrogen-bond donors (Lipinski definition) is 0. The predicted octanol–water partition coefficient (Wildman–Crippen LogP) is 2.15. The maximum Gasteiger partial charge on any atom is 0.228 e. The maximum atomic E-state index is 11.9. The Morgan fingerprint density at radius 2 is 2.00 bits per heavy atom. The van der Waals surface area contributed by atoms with Crippen molar-refractivity contribution >= 4 is 23.2 Å². The fourth-order valence-electron chi connectivity index (χ4n) is 2.30. The summed E-state index contributed by atoms with van der Waals surface area (Å²) in [6.07, 6.45) is 2.03. The molecule has 0 aliphatic carbocycles. The minimum absolute atomic E-state index is 0.0774. The Morgan fingerprint density at radius 3 is 2.68 bits per heavy atom. The third-order valence-corrected chi connectivity index (χ3v) is 3.42. The standard InChI is InChI=1S/C15H17NO3/c1-3-4-13(17)15(19)11-5-7-12-10(9-11)6-8-14(18)16(12)2/h5,7,9H,3-4,6,8H2,1-2H3. The van der Waals surface area contributed by atoms with E-state index in [0.717, 1.165) is 11.3 Å². The maximum absolute atomic E-state index is 11.9.